The van der Waals surface area contributed by atoms with Crippen LogP contribution in [0.15, 0.2) is 42.5 Å². The maximum Gasteiger partial charge on any atom is 0.165 e. The molecule has 2 rings (SSSR count). The minimum Gasteiger partial charge on any atom is -0.494 e. The van der Waals surface area contributed by atoms with Crippen molar-refractivity contribution in [3.05, 3.63) is 64.4 Å². The molecular formula is C16H15Cl2FO. The predicted octanol–water partition coefficient (Wildman–Crippen LogP) is 5.05. The molecule has 0 aliphatic heterocycles. The summed E-state index contributed by atoms with van der Waals surface area (Å²) < 4.78 is 18.6. The Balaban J connectivity index is 2.17. The third kappa shape index (κ3) is 3.65. The lowest BCUT2D eigenvalue weighted by molar-refractivity contribution is 0.386. The van der Waals surface area contributed by atoms with E-state index in [9.17, 15) is 4.39 Å². The van der Waals surface area contributed by atoms with Crippen LogP contribution in [0, 0.1) is 5.82 Å². The molecule has 0 fully saturated rings. The Hall–Kier alpha value is -1.25. The first-order valence-corrected chi connectivity index (χ1v) is 7.19. The smallest absolute Gasteiger partial charge is 0.165 e. The van der Waals surface area contributed by atoms with Gasteiger partial charge in [0.25, 0.3) is 0 Å². The molecule has 106 valence electrons. The van der Waals surface area contributed by atoms with Crippen LogP contribution in [-0.2, 0) is 6.42 Å². The van der Waals surface area contributed by atoms with Gasteiger partial charge in [0, 0.05) is 16.8 Å². The fourth-order valence-corrected chi connectivity index (χ4v) is 2.53. The van der Waals surface area contributed by atoms with Crippen molar-refractivity contribution in [2.45, 2.75) is 12.3 Å². The van der Waals surface area contributed by atoms with Crippen molar-refractivity contribution in [1.82, 2.24) is 0 Å². The molecule has 0 heterocycles. The van der Waals surface area contributed by atoms with E-state index >= 15 is 0 Å². The van der Waals surface area contributed by atoms with E-state index in [4.69, 9.17) is 27.9 Å². The second-order valence-corrected chi connectivity index (χ2v) is 5.32. The summed E-state index contributed by atoms with van der Waals surface area (Å²) in [6, 6.07) is 12.6. The summed E-state index contributed by atoms with van der Waals surface area (Å²) in [6.07, 6.45) is 0.673. The van der Waals surface area contributed by atoms with E-state index in [1.807, 2.05) is 30.3 Å². The fourth-order valence-electron chi connectivity index (χ4n) is 2.12. The Kier molecular flexibility index (Phi) is 5.27. The van der Waals surface area contributed by atoms with Gasteiger partial charge < -0.3 is 4.74 Å². The molecule has 0 saturated heterocycles. The number of hydrogen-bond donors (Lipinski definition) is 0. The van der Waals surface area contributed by atoms with E-state index in [2.05, 4.69) is 0 Å². The molecule has 20 heavy (non-hydrogen) atoms. The Bertz CT molecular complexity index is 569. The van der Waals surface area contributed by atoms with Crippen molar-refractivity contribution in [3.63, 3.8) is 0 Å². The van der Waals surface area contributed by atoms with E-state index in [0.29, 0.717) is 17.3 Å². The third-order valence-corrected chi connectivity index (χ3v) is 3.85. The van der Waals surface area contributed by atoms with Gasteiger partial charge in [0.2, 0.25) is 0 Å². The summed E-state index contributed by atoms with van der Waals surface area (Å²) >= 11 is 11.9. The first-order chi connectivity index (χ1) is 9.63. The van der Waals surface area contributed by atoms with E-state index in [0.717, 1.165) is 11.1 Å². The SMILES string of the molecule is COc1ccc(CC(CCl)c2ccc(Cl)cc2)cc1F. The number of benzene rings is 2. The van der Waals surface area contributed by atoms with Gasteiger partial charge in [-0.05, 0) is 41.8 Å². The van der Waals surface area contributed by atoms with E-state index in [-0.39, 0.29) is 17.5 Å². The van der Waals surface area contributed by atoms with Crippen LogP contribution in [0.25, 0.3) is 0 Å². The van der Waals surface area contributed by atoms with Crippen molar-refractivity contribution in [3.8, 4) is 5.75 Å². The van der Waals surface area contributed by atoms with Crippen molar-refractivity contribution in [2.75, 3.05) is 13.0 Å². The highest BCUT2D eigenvalue weighted by Gasteiger charge is 2.13. The van der Waals surface area contributed by atoms with Crippen molar-refractivity contribution in [2.24, 2.45) is 0 Å². The van der Waals surface area contributed by atoms with Gasteiger partial charge in [-0.3, -0.25) is 0 Å². The molecule has 1 atom stereocenters. The molecule has 1 unspecified atom stereocenters. The fraction of sp³-hybridized carbons (Fsp3) is 0.250. The van der Waals surface area contributed by atoms with Crippen LogP contribution in [-0.4, -0.2) is 13.0 Å². The normalized spacial score (nSPS) is 12.2. The van der Waals surface area contributed by atoms with Gasteiger partial charge >= 0.3 is 0 Å². The molecule has 0 aromatic heterocycles. The Labute approximate surface area is 128 Å². The van der Waals surface area contributed by atoms with Crippen molar-refractivity contribution < 1.29 is 9.13 Å². The van der Waals surface area contributed by atoms with Crippen molar-refractivity contribution in [1.29, 1.82) is 0 Å². The molecule has 0 radical (unpaired) electrons. The van der Waals surface area contributed by atoms with Gasteiger partial charge in [0.05, 0.1) is 7.11 Å². The quantitative estimate of drug-likeness (QED) is 0.702. The van der Waals surface area contributed by atoms with Crippen LogP contribution in [0.4, 0.5) is 4.39 Å². The Morgan fingerprint density at radius 2 is 1.85 bits per heavy atom. The zero-order valence-corrected chi connectivity index (χ0v) is 12.6. The monoisotopic (exact) mass is 312 g/mol. The highest BCUT2D eigenvalue weighted by Crippen LogP contribution is 2.26. The first kappa shape index (κ1) is 15.1. The Morgan fingerprint density at radius 3 is 2.40 bits per heavy atom. The molecule has 0 N–H and O–H groups in total. The van der Waals surface area contributed by atoms with Crippen molar-refractivity contribution >= 4 is 23.2 Å². The number of hydrogen-bond acceptors (Lipinski definition) is 1. The number of rotatable bonds is 5. The average molecular weight is 313 g/mol. The molecule has 2 aromatic carbocycles. The molecule has 0 saturated carbocycles. The Morgan fingerprint density at radius 1 is 1.15 bits per heavy atom. The largest absolute Gasteiger partial charge is 0.494 e. The molecular weight excluding hydrogens is 298 g/mol. The molecule has 1 nitrogen and oxygen atoms in total. The third-order valence-electron chi connectivity index (χ3n) is 3.23. The molecule has 0 aliphatic carbocycles. The average Bonchev–Trinajstić information content (AvgIpc) is 2.46. The van der Waals surface area contributed by atoms with Gasteiger partial charge in [0.1, 0.15) is 0 Å². The highest BCUT2D eigenvalue weighted by molar-refractivity contribution is 6.30. The molecule has 2 aromatic rings. The standard InChI is InChI=1S/C16H15Cl2FO/c1-20-16-7-2-11(9-15(16)19)8-13(10-17)12-3-5-14(18)6-4-12/h2-7,9,13H,8,10H2,1H3. The summed E-state index contributed by atoms with van der Waals surface area (Å²) in [4.78, 5) is 0. The highest BCUT2D eigenvalue weighted by atomic mass is 35.5. The molecule has 4 heteroatoms. The summed E-state index contributed by atoms with van der Waals surface area (Å²) in [5.74, 6) is 0.494. The summed E-state index contributed by atoms with van der Waals surface area (Å²) in [5, 5.41) is 0.692. The van der Waals surface area contributed by atoms with Crippen LogP contribution in [0.5, 0.6) is 5.75 Å². The van der Waals surface area contributed by atoms with E-state index in [1.54, 1.807) is 6.07 Å². The zero-order valence-electron chi connectivity index (χ0n) is 11.1. The lowest BCUT2D eigenvalue weighted by Gasteiger charge is -2.15. The second kappa shape index (κ2) is 6.96. The van der Waals surface area contributed by atoms with Crippen LogP contribution < -0.4 is 4.74 Å². The predicted molar refractivity (Wildman–Crippen MR) is 81.6 cm³/mol. The van der Waals surface area contributed by atoms with Crippen LogP contribution in [0.2, 0.25) is 5.02 Å². The summed E-state index contributed by atoms with van der Waals surface area (Å²) in [6.45, 7) is 0. The van der Waals surface area contributed by atoms with Gasteiger partial charge in [0.15, 0.2) is 11.6 Å². The van der Waals surface area contributed by atoms with E-state index in [1.165, 1.54) is 13.2 Å². The topological polar surface area (TPSA) is 9.23 Å². The van der Waals surface area contributed by atoms with Gasteiger partial charge in [-0.25, -0.2) is 4.39 Å². The number of ether oxygens (including phenoxy) is 1. The lowest BCUT2D eigenvalue weighted by Crippen LogP contribution is -2.05. The molecule has 0 aliphatic rings. The van der Waals surface area contributed by atoms with Gasteiger partial charge in [-0.1, -0.05) is 29.8 Å². The molecule has 0 amide bonds. The van der Waals surface area contributed by atoms with Crippen LogP contribution in [0.1, 0.15) is 17.0 Å². The number of methoxy groups -OCH3 is 1. The number of alkyl halides is 1. The summed E-state index contributed by atoms with van der Waals surface area (Å²) in [7, 11) is 1.45. The van der Waals surface area contributed by atoms with Crippen LogP contribution >= 0.6 is 23.2 Å². The maximum atomic E-state index is 13.7. The minimum atomic E-state index is -0.352. The minimum absolute atomic E-state index is 0.127. The van der Waals surface area contributed by atoms with Gasteiger partial charge in [-0.15, -0.1) is 11.6 Å². The summed E-state index contributed by atoms with van der Waals surface area (Å²) in [5.41, 5.74) is 1.99. The first-order valence-electron chi connectivity index (χ1n) is 6.28. The van der Waals surface area contributed by atoms with Gasteiger partial charge in [-0.2, -0.15) is 0 Å². The second-order valence-electron chi connectivity index (χ2n) is 4.58. The number of halogens is 3. The maximum absolute atomic E-state index is 13.7. The van der Waals surface area contributed by atoms with E-state index < -0.39 is 0 Å². The molecule has 0 bridgehead atoms. The van der Waals surface area contributed by atoms with Crippen LogP contribution in [0.3, 0.4) is 0 Å². The zero-order chi connectivity index (χ0) is 14.5. The molecule has 0 spiro atoms. The lowest BCUT2D eigenvalue weighted by atomic mass is 9.93.